The summed E-state index contributed by atoms with van der Waals surface area (Å²) in [6, 6.07) is 7.84. The summed E-state index contributed by atoms with van der Waals surface area (Å²) in [6.45, 7) is 3.98. The van der Waals surface area contributed by atoms with Gasteiger partial charge in [0, 0.05) is 23.5 Å². The van der Waals surface area contributed by atoms with Gasteiger partial charge in [0.05, 0.1) is 10.7 Å². The normalized spacial score (nSPS) is 12.0. The molecular formula is C13H15ClN2. The molecule has 0 atom stereocenters. The molecule has 3 heteroatoms. The Hall–Kier alpha value is -1.12. The van der Waals surface area contributed by atoms with Crippen molar-refractivity contribution in [1.82, 2.24) is 4.98 Å². The largest absolute Gasteiger partial charge is 0.325 e. The van der Waals surface area contributed by atoms with Crippen molar-refractivity contribution in [2.24, 2.45) is 5.73 Å². The van der Waals surface area contributed by atoms with Crippen molar-refractivity contribution in [3.05, 3.63) is 41.2 Å². The minimum Gasteiger partial charge on any atom is -0.325 e. The Morgan fingerprint density at radius 1 is 1.31 bits per heavy atom. The van der Waals surface area contributed by atoms with E-state index in [9.17, 15) is 0 Å². The first-order valence-corrected chi connectivity index (χ1v) is 5.66. The molecule has 1 aromatic heterocycles. The molecule has 0 radical (unpaired) electrons. The van der Waals surface area contributed by atoms with Crippen molar-refractivity contribution >= 4 is 22.4 Å². The first kappa shape index (κ1) is 11.4. The molecule has 2 N–H and O–H groups in total. The highest BCUT2D eigenvalue weighted by molar-refractivity contribution is 6.35. The molecule has 0 bridgehead atoms. The maximum Gasteiger partial charge on any atom is 0.0514 e. The van der Waals surface area contributed by atoms with E-state index in [0.717, 1.165) is 21.5 Å². The van der Waals surface area contributed by atoms with Crippen LogP contribution >= 0.6 is 11.6 Å². The van der Waals surface area contributed by atoms with Gasteiger partial charge in [-0.25, -0.2) is 0 Å². The number of fused-ring (bicyclic) bond motifs is 1. The van der Waals surface area contributed by atoms with Crippen molar-refractivity contribution in [3.8, 4) is 0 Å². The highest BCUT2D eigenvalue weighted by Crippen LogP contribution is 2.27. The van der Waals surface area contributed by atoms with Gasteiger partial charge in [-0.05, 0) is 31.4 Å². The summed E-state index contributed by atoms with van der Waals surface area (Å²) in [6.07, 6.45) is 2.52. The van der Waals surface area contributed by atoms with Gasteiger partial charge in [-0.2, -0.15) is 0 Å². The number of hydrogen-bond donors (Lipinski definition) is 1. The van der Waals surface area contributed by atoms with Crippen LogP contribution in [0.15, 0.2) is 30.5 Å². The first-order chi connectivity index (χ1) is 7.47. The molecule has 0 aliphatic heterocycles. The van der Waals surface area contributed by atoms with E-state index in [1.807, 2.05) is 38.1 Å². The van der Waals surface area contributed by atoms with Crippen molar-refractivity contribution in [2.45, 2.75) is 25.8 Å². The quantitative estimate of drug-likeness (QED) is 0.867. The van der Waals surface area contributed by atoms with Crippen LogP contribution in [-0.2, 0) is 6.42 Å². The van der Waals surface area contributed by atoms with Gasteiger partial charge < -0.3 is 5.73 Å². The molecule has 84 valence electrons. The van der Waals surface area contributed by atoms with Crippen molar-refractivity contribution in [3.63, 3.8) is 0 Å². The van der Waals surface area contributed by atoms with Gasteiger partial charge in [0.25, 0.3) is 0 Å². The number of benzene rings is 1. The maximum absolute atomic E-state index is 6.21. The first-order valence-electron chi connectivity index (χ1n) is 5.28. The van der Waals surface area contributed by atoms with Crippen LogP contribution in [0, 0.1) is 0 Å². The SMILES string of the molecule is CC(C)(N)Cc1nccc2cccc(Cl)c12. The van der Waals surface area contributed by atoms with Crippen LogP contribution < -0.4 is 5.73 Å². The summed E-state index contributed by atoms with van der Waals surface area (Å²) in [7, 11) is 0. The molecule has 1 heterocycles. The van der Waals surface area contributed by atoms with E-state index in [4.69, 9.17) is 17.3 Å². The molecule has 0 fully saturated rings. The van der Waals surface area contributed by atoms with E-state index >= 15 is 0 Å². The predicted octanol–water partition coefficient (Wildman–Crippen LogP) is 3.17. The van der Waals surface area contributed by atoms with E-state index in [1.54, 1.807) is 6.20 Å². The zero-order valence-electron chi connectivity index (χ0n) is 9.50. The van der Waals surface area contributed by atoms with Crippen LogP contribution in [0.1, 0.15) is 19.5 Å². The molecular weight excluding hydrogens is 220 g/mol. The van der Waals surface area contributed by atoms with Gasteiger partial charge in [0.15, 0.2) is 0 Å². The van der Waals surface area contributed by atoms with Gasteiger partial charge in [-0.15, -0.1) is 0 Å². The second-order valence-electron chi connectivity index (χ2n) is 4.76. The smallest absolute Gasteiger partial charge is 0.0514 e. The van der Waals surface area contributed by atoms with Crippen molar-refractivity contribution < 1.29 is 0 Å². The molecule has 1 aromatic carbocycles. The Labute approximate surface area is 100 Å². The van der Waals surface area contributed by atoms with E-state index in [0.29, 0.717) is 6.42 Å². The minimum atomic E-state index is -0.277. The molecule has 0 amide bonds. The minimum absolute atomic E-state index is 0.277. The third kappa shape index (κ3) is 2.34. The van der Waals surface area contributed by atoms with E-state index in [-0.39, 0.29) is 5.54 Å². The fourth-order valence-corrected chi connectivity index (χ4v) is 2.11. The fraction of sp³-hybridized carbons (Fsp3) is 0.308. The van der Waals surface area contributed by atoms with Crippen molar-refractivity contribution in [1.29, 1.82) is 0 Å². The predicted molar refractivity (Wildman–Crippen MR) is 68.7 cm³/mol. The highest BCUT2D eigenvalue weighted by Gasteiger charge is 2.15. The Morgan fingerprint density at radius 3 is 2.75 bits per heavy atom. The summed E-state index contributed by atoms with van der Waals surface area (Å²) >= 11 is 6.21. The van der Waals surface area contributed by atoms with Gasteiger partial charge in [0.2, 0.25) is 0 Å². The van der Waals surface area contributed by atoms with Crippen LogP contribution in [0.2, 0.25) is 5.02 Å². The highest BCUT2D eigenvalue weighted by atomic mass is 35.5. The molecule has 0 saturated carbocycles. The zero-order valence-corrected chi connectivity index (χ0v) is 10.3. The summed E-state index contributed by atoms with van der Waals surface area (Å²) in [5.41, 5.74) is 6.72. The lowest BCUT2D eigenvalue weighted by molar-refractivity contribution is 0.512. The lowest BCUT2D eigenvalue weighted by Gasteiger charge is -2.19. The second-order valence-corrected chi connectivity index (χ2v) is 5.17. The summed E-state index contributed by atoms with van der Waals surface area (Å²) in [5, 5.41) is 2.87. The topological polar surface area (TPSA) is 38.9 Å². The molecule has 0 saturated heterocycles. The average Bonchev–Trinajstić information content (AvgIpc) is 2.15. The van der Waals surface area contributed by atoms with Gasteiger partial charge in [-0.3, -0.25) is 4.98 Å². The Balaban J connectivity index is 2.61. The lowest BCUT2D eigenvalue weighted by atomic mass is 9.96. The molecule has 2 nitrogen and oxygen atoms in total. The van der Waals surface area contributed by atoms with Crippen LogP contribution in [-0.4, -0.2) is 10.5 Å². The molecule has 2 rings (SSSR count). The van der Waals surface area contributed by atoms with Crippen LogP contribution in [0.25, 0.3) is 10.8 Å². The number of nitrogens with zero attached hydrogens (tertiary/aromatic N) is 1. The zero-order chi connectivity index (χ0) is 11.8. The van der Waals surface area contributed by atoms with E-state index in [1.165, 1.54) is 0 Å². The lowest BCUT2D eigenvalue weighted by Crippen LogP contribution is -2.34. The third-order valence-electron chi connectivity index (χ3n) is 2.44. The molecule has 0 aliphatic rings. The third-order valence-corrected chi connectivity index (χ3v) is 2.76. The molecule has 16 heavy (non-hydrogen) atoms. The maximum atomic E-state index is 6.21. The van der Waals surface area contributed by atoms with Gasteiger partial charge in [-0.1, -0.05) is 23.7 Å². The fourth-order valence-electron chi connectivity index (χ4n) is 1.82. The number of pyridine rings is 1. The summed E-state index contributed by atoms with van der Waals surface area (Å²) < 4.78 is 0. The Morgan fingerprint density at radius 2 is 2.06 bits per heavy atom. The average molecular weight is 235 g/mol. The number of nitrogens with two attached hydrogens (primary N) is 1. The van der Waals surface area contributed by atoms with E-state index in [2.05, 4.69) is 4.98 Å². The number of halogens is 1. The number of hydrogen-bond acceptors (Lipinski definition) is 2. The van der Waals surface area contributed by atoms with E-state index < -0.39 is 0 Å². The van der Waals surface area contributed by atoms with Crippen LogP contribution in [0.4, 0.5) is 0 Å². The van der Waals surface area contributed by atoms with Crippen LogP contribution in [0.3, 0.4) is 0 Å². The monoisotopic (exact) mass is 234 g/mol. The van der Waals surface area contributed by atoms with Crippen LogP contribution in [0.5, 0.6) is 0 Å². The summed E-state index contributed by atoms with van der Waals surface area (Å²) in [5.74, 6) is 0. The molecule has 0 spiro atoms. The van der Waals surface area contributed by atoms with Crippen molar-refractivity contribution in [2.75, 3.05) is 0 Å². The Bertz CT molecular complexity index is 510. The standard InChI is InChI=1S/C13H15ClN2/c1-13(2,15)8-11-12-9(6-7-16-11)4-3-5-10(12)14/h3-7H,8,15H2,1-2H3. The number of aromatic nitrogens is 1. The summed E-state index contributed by atoms with van der Waals surface area (Å²) in [4.78, 5) is 4.39. The molecule has 0 aliphatic carbocycles. The van der Waals surface area contributed by atoms with Gasteiger partial charge in [0.1, 0.15) is 0 Å². The molecule has 0 unspecified atom stereocenters. The number of rotatable bonds is 2. The Kier molecular flexibility index (Phi) is 2.87. The molecule has 2 aromatic rings. The second kappa shape index (κ2) is 4.04. The van der Waals surface area contributed by atoms with Gasteiger partial charge >= 0.3 is 0 Å².